The summed E-state index contributed by atoms with van der Waals surface area (Å²) in [4.78, 5) is 8.55. The normalized spacial score (nSPS) is 11.3. The van der Waals surface area contributed by atoms with Crippen molar-refractivity contribution in [2.75, 3.05) is 0 Å². The van der Waals surface area contributed by atoms with Crippen LogP contribution in [0, 0.1) is 0 Å². The highest BCUT2D eigenvalue weighted by Gasteiger charge is 2.06. The summed E-state index contributed by atoms with van der Waals surface area (Å²) in [7, 11) is 0. The molecule has 0 aliphatic heterocycles. The molecule has 0 aliphatic carbocycles. The molecule has 0 amide bonds. The number of halogens is 2. The Hall–Kier alpha value is -1.13. The highest BCUT2D eigenvalue weighted by atomic mass is 79.9. The molecule has 0 bridgehead atoms. The monoisotopic (exact) mass is 281 g/mol. The maximum atomic E-state index is 6.02. The van der Waals surface area contributed by atoms with Gasteiger partial charge >= 0.3 is 0 Å². The molecule has 3 aromatic rings. The average molecular weight is 283 g/mol. The van der Waals surface area contributed by atoms with Crippen LogP contribution < -0.4 is 0 Å². The van der Waals surface area contributed by atoms with Crippen molar-refractivity contribution < 1.29 is 0 Å². The van der Waals surface area contributed by atoms with Crippen LogP contribution in [0.1, 0.15) is 0 Å². The number of hydrogen-bond donors (Lipinski definition) is 0. The predicted molar refractivity (Wildman–Crippen MR) is 63.2 cm³/mol. The zero-order chi connectivity index (χ0) is 10.4. The Morgan fingerprint density at radius 2 is 2.20 bits per heavy atom. The number of imidazole rings is 1. The Labute approximate surface area is 98.8 Å². The third-order valence-electron chi connectivity index (χ3n) is 2.25. The van der Waals surface area contributed by atoms with Gasteiger partial charge in [-0.2, -0.15) is 0 Å². The minimum atomic E-state index is 0.428. The summed E-state index contributed by atoms with van der Waals surface area (Å²) < 4.78 is 2.76. The van der Waals surface area contributed by atoms with Crippen molar-refractivity contribution in [2.24, 2.45) is 0 Å². The van der Waals surface area contributed by atoms with Crippen LogP contribution >= 0.6 is 27.5 Å². The zero-order valence-electron chi connectivity index (χ0n) is 7.48. The molecule has 2 aromatic heterocycles. The minimum Gasteiger partial charge on any atom is -0.274 e. The number of hydrogen-bond acceptors (Lipinski definition) is 2. The van der Waals surface area contributed by atoms with Crippen LogP contribution in [0.3, 0.4) is 0 Å². The van der Waals surface area contributed by atoms with Gasteiger partial charge in [-0.25, -0.2) is 9.97 Å². The van der Waals surface area contributed by atoms with Gasteiger partial charge in [0.15, 0.2) is 0 Å². The van der Waals surface area contributed by atoms with E-state index < -0.39 is 0 Å². The van der Waals surface area contributed by atoms with Crippen LogP contribution in [0.2, 0.25) is 5.28 Å². The van der Waals surface area contributed by atoms with Crippen molar-refractivity contribution in [1.82, 2.24) is 14.4 Å². The van der Waals surface area contributed by atoms with E-state index in [0.717, 1.165) is 21.0 Å². The van der Waals surface area contributed by atoms with E-state index in [0.29, 0.717) is 5.28 Å². The fourth-order valence-corrected chi connectivity index (χ4v) is 2.18. The third kappa shape index (κ3) is 1.33. The van der Waals surface area contributed by atoms with Gasteiger partial charge in [0.05, 0.1) is 5.52 Å². The van der Waals surface area contributed by atoms with Crippen LogP contribution in [-0.4, -0.2) is 14.4 Å². The van der Waals surface area contributed by atoms with E-state index in [9.17, 15) is 0 Å². The molecule has 3 nitrogen and oxygen atoms in total. The Morgan fingerprint density at radius 1 is 1.33 bits per heavy atom. The van der Waals surface area contributed by atoms with Crippen LogP contribution in [0.5, 0.6) is 0 Å². The highest BCUT2D eigenvalue weighted by molar-refractivity contribution is 9.10. The third-order valence-corrected chi connectivity index (χ3v) is 3.01. The zero-order valence-corrected chi connectivity index (χ0v) is 9.83. The number of rotatable bonds is 0. The van der Waals surface area contributed by atoms with Crippen molar-refractivity contribution in [1.29, 1.82) is 0 Å². The second-order valence-electron chi connectivity index (χ2n) is 3.16. The number of benzene rings is 1. The summed E-state index contributed by atoms with van der Waals surface area (Å²) in [6.45, 7) is 0. The van der Waals surface area contributed by atoms with E-state index in [1.165, 1.54) is 0 Å². The standard InChI is InChI=1S/C10H5BrClN3/c11-6-1-2-8-7(5-6)9-13-3-4-15(9)10(12)14-8/h1-5H. The van der Waals surface area contributed by atoms with Crippen molar-refractivity contribution in [2.45, 2.75) is 0 Å². The molecule has 0 radical (unpaired) electrons. The Kier molecular flexibility index (Phi) is 1.94. The molecule has 15 heavy (non-hydrogen) atoms. The van der Waals surface area contributed by atoms with Crippen molar-refractivity contribution in [3.8, 4) is 0 Å². The molecule has 0 saturated heterocycles. The molecule has 1 aromatic carbocycles. The quantitative estimate of drug-likeness (QED) is 0.592. The van der Waals surface area contributed by atoms with Crippen LogP contribution in [0.4, 0.5) is 0 Å². The van der Waals surface area contributed by atoms with Crippen molar-refractivity contribution >= 4 is 44.1 Å². The highest BCUT2D eigenvalue weighted by Crippen LogP contribution is 2.24. The summed E-state index contributed by atoms with van der Waals surface area (Å²) in [6.07, 6.45) is 3.51. The molecule has 0 N–H and O–H groups in total. The molecule has 5 heteroatoms. The fraction of sp³-hybridized carbons (Fsp3) is 0. The first-order valence-corrected chi connectivity index (χ1v) is 5.50. The lowest BCUT2D eigenvalue weighted by Gasteiger charge is -2.02. The predicted octanol–water partition coefficient (Wildman–Crippen LogP) is 3.30. The van der Waals surface area contributed by atoms with Gasteiger partial charge in [-0.05, 0) is 29.8 Å². The molecule has 0 fully saturated rings. The maximum Gasteiger partial charge on any atom is 0.209 e. The van der Waals surface area contributed by atoms with E-state index in [4.69, 9.17) is 11.6 Å². The molecule has 0 atom stereocenters. The van der Waals surface area contributed by atoms with E-state index in [2.05, 4.69) is 25.9 Å². The molecular formula is C10H5BrClN3. The molecule has 0 saturated carbocycles. The number of fused-ring (bicyclic) bond motifs is 3. The van der Waals surface area contributed by atoms with Crippen molar-refractivity contribution in [3.05, 3.63) is 40.3 Å². The molecule has 0 aliphatic rings. The number of aromatic nitrogens is 3. The first-order valence-electron chi connectivity index (χ1n) is 4.33. The summed E-state index contributed by atoms with van der Waals surface area (Å²) in [5.41, 5.74) is 1.67. The molecule has 0 spiro atoms. The van der Waals surface area contributed by atoms with Gasteiger partial charge in [0.2, 0.25) is 5.28 Å². The lowest BCUT2D eigenvalue weighted by Crippen LogP contribution is -1.91. The van der Waals surface area contributed by atoms with Gasteiger partial charge in [0.1, 0.15) is 5.65 Å². The molecule has 3 rings (SSSR count). The largest absolute Gasteiger partial charge is 0.274 e. The lowest BCUT2D eigenvalue weighted by atomic mass is 10.2. The van der Waals surface area contributed by atoms with E-state index in [1.807, 2.05) is 18.2 Å². The Balaban J connectivity index is 2.61. The summed E-state index contributed by atoms with van der Waals surface area (Å²) in [6, 6.07) is 5.84. The van der Waals surface area contributed by atoms with Crippen LogP contribution in [-0.2, 0) is 0 Å². The lowest BCUT2D eigenvalue weighted by molar-refractivity contribution is 1.12. The molecular weight excluding hydrogens is 277 g/mol. The van der Waals surface area contributed by atoms with Crippen LogP contribution in [0.15, 0.2) is 35.1 Å². The van der Waals surface area contributed by atoms with Gasteiger partial charge in [0, 0.05) is 22.3 Å². The topological polar surface area (TPSA) is 30.2 Å². The van der Waals surface area contributed by atoms with Crippen molar-refractivity contribution in [3.63, 3.8) is 0 Å². The average Bonchev–Trinajstić information content (AvgIpc) is 2.69. The fourth-order valence-electron chi connectivity index (χ4n) is 1.59. The summed E-state index contributed by atoms with van der Waals surface area (Å²) in [5, 5.41) is 1.41. The van der Waals surface area contributed by atoms with Gasteiger partial charge in [-0.1, -0.05) is 15.9 Å². The SMILES string of the molecule is Clc1nc2ccc(Br)cc2c2nccn12. The molecule has 2 heterocycles. The Bertz CT molecular complexity index is 662. The van der Waals surface area contributed by atoms with Gasteiger partial charge in [-0.3, -0.25) is 4.40 Å². The smallest absolute Gasteiger partial charge is 0.209 e. The second kappa shape index (κ2) is 3.18. The Morgan fingerprint density at radius 3 is 3.07 bits per heavy atom. The second-order valence-corrected chi connectivity index (χ2v) is 4.42. The van der Waals surface area contributed by atoms with Gasteiger partial charge in [-0.15, -0.1) is 0 Å². The minimum absolute atomic E-state index is 0.428. The molecule has 0 unspecified atom stereocenters. The molecule has 74 valence electrons. The summed E-state index contributed by atoms with van der Waals surface area (Å²) in [5.74, 6) is 0. The van der Waals surface area contributed by atoms with Gasteiger partial charge < -0.3 is 0 Å². The number of nitrogens with zero attached hydrogens (tertiary/aromatic N) is 3. The first-order chi connectivity index (χ1) is 7.25. The van der Waals surface area contributed by atoms with Gasteiger partial charge in [0.25, 0.3) is 0 Å². The maximum absolute atomic E-state index is 6.02. The summed E-state index contributed by atoms with van der Waals surface area (Å²) >= 11 is 9.44. The van der Waals surface area contributed by atoms with E-state index in [-0.39, 0.29) is 0 Å². The van der Waals surface area contributed by atoms with E-state index >= 15 is 0 Å². The van der Waals surface area contributed by atoms with E-state index in [1.54, 1.807) is 16.8 Å². The van der Waals surface area contributed by atoms with Crippen LogP contribution in [0.25, 0.3) is 16.6 Å². The first kappa shape index (κ1) is 9.12.